The predicted molar refractivity (Wildman–Crippen MR) is 76.3 cm³/mol. The van der Waals surface area contributed by atoms with E-state index in [0.717, 1.165) is 16.1 Å². The van der Waals surface area contributed by atoms with Crippen molar-refractivity contribution in [2.24, 2.45) is 0 Å². The second-order valence-electron chi connectivity index (χ2n) is 4.17. The zero-order valence-electron chi connectivity index (χ0n) is 10.5. The molecule has 0 unspecified atom stereocenters. The number of aryl methyl sites for hydroxylation is 1. The average molecular weight is 272 g/mol. The van der Waals surface area contributed by atoms with Crippen LogP contribution in [0.25, 0.3) is 0 Å². The number of nitrogen functional groups attached to an aromatic ring is 1. The molecule has 0 fully saturated rings. The Bertz CT molecular complexity index is 647. The van der Waals surface area contributed by atoms with Crippen molar-refractivity contribution in [2.45, 2.75) is 17.6 Å². The summed E-state index contributed by atoms with van der Waals surface area (Å²) in [5.74, 6) is 0.0124. The van der Waals surface area contributed by atoms with Crippen molar-refractivity contribution in [1.29, 1.82) is 5.26 Å². The topological polar surface area (TPSA) is 49.8 Å². The zero-order valence-corrected chi connectivity index (χ0v) is 11.3. The maximum absolute atomic E-state index is 13.9. The normalized spacial score (nSPS) is 10.2. The highest BCUT2D eigenvalue weighted by Crippen LogP contribution is 2.30. The van der Waals surface area contributed by atoms with Crippen molar-refractivity contribution in [1.82, 2.24) is 0 Å². The molecule has 0 heterocycles. The van der Waals surface area contributed by atoms with E-state index >= 15 is 0 Å². The average Bonchev–Trinajstić information content (AvgIpc) is 2.42. The van der Waals surface area contributed by atoms with Crippen LogP contribution in [0.4, 0.5) is 10.1 Å². The van der Waals surface area contributed by atoms with Crippen LogP contribution in [0.5, 0.6) is 0 Å². The number of benzene rings is 2. The smallest absolute Gasteiger partial charge is 0.144 e. The van der Waals surface area contributed by atoms with Crippen LogP contribution in [0, 0.1) is 24.1 Å². The van der Waals surface area contributed by atoms with Crippen molar-refractivity contribution in [3.8, 4) is 6.07 Å². The van der Waals surface area contributed by atoms with Gasteiger partial charge in [0.15, 0.2) is 0 Å². The maximum atomic E-state index is 13.9. The molecule has 0 aromatic heterocycles. The molecule has 0 spiro atoms. The predicted octanol–water partition coefficient (Wildman–Crippen LogP) is 3.88. The van der Waals surface area contributed by atoms with E-state index in [0.29, 0.717) is 11.3 Å². The Balaban J connectivity index is 2.20. The minimum atomic E-state index is -0.441. The zero-order chi connectivity index (χ0) is 13.8. The van der Waals surface area contributed by atoms with Gasteiger partial charge < -0.3 is 5.73 Å². The van der Waals surface area contributed by atoms with Gasteiger partial charge in [0.2, 0.25) is 0 Å². The highest BCUT2D eigenvalue weighted by Gasteiger charge is 2.09. The summed E-state index contributed by atoms with van der Waals surface area (Å²) in [4.78, 5) is 0.932. The van der Waals surface area contributed by atoms with Crippen LogP contribution in [-0.2, 0) is 5.75 Å². The van der Waals surface area contributed by atoms with Crippen LogP contribution in [-0.4, -0.2) is 0 Å². The fraction of sp³-hybridized carbons (Fsp3) is 0.133. The van der Waals surface area contributed by atoms with Crippen molar-refractivity contribution in [3.63, 3.8) is 0 Å². The van der Waals surface area contributed by atoms with Crippen LogP contribution in [0.2, 0.25) is 0 Å². The second-order valence-corrected chi connectivity index (χ2v) is 5.18. The Morgan fingerprint density at radius 3 is 2.74 bits per heavy atom. The largest absolute Gasteiger partial charge is 0.398 e. The Morgan fingerprint density at radius 2 is 2.00 bits per heavy atom. The second kappa shape index (κ2) is 5.77. The monoisotopic (exact) mass is 272 g/mol. The van der Waals surface area contributed by atoms with Gasteiger partial charge in [0, 0.05) is 16.3 Å². The molecule has 96 valence electrons. The van der Waals surface area contributed by atoms with Gasteiger partial charge in [-0.3, -0.25) is 0 Å². The van der Waals surface area contributed by atoms with Crippen LogP contribution in [0.1, 0.15) is 16.7 Å². The lowest BCUT2D eigenvalue weighted by atomic mass is 10.1. The number of halogens is 1. The van der Waals surface area contributed by atoms with Crippen molar-refractivity contribution >= 4 is 17.4 Å². The van der Waals surface area contributed by atoms with Crippen LogP contribution in [0.3, 0.4) is 0 Å². The first kappa shape index (κ1) is 13.4. The molecule has 0 aliphatic heterocycles. The summed E-state index contributed by atoms with van der Waals surface area (Å²) in [6.07, 6.45) is 0. The number of nitriles is 1. The minimum Gasteiger partial charge on any atom is -0.398 e. The quantitative estimate of drug-likeness (QED) is 0.681. The van der Waals surface area contributed by atoms with E-state index in [1.54, 1.807) is 12.1 Å². The molecule has 0 atom stereocenters. The van der Waals surface area contributed by atoms with Crippen molar-refractivity contribution in [2.75, 3.05) is 5.73 Å². The number of nitrogens with two attached hydrogens (primary N) is 1. The van der Waals surface area contributed by atoms with Gasteiger partial charge in [-0.2, -0.15) is 5.26 Å². The fourth-order valence-corrected chi connectivity index (χ4v) is 2.74. The minimum absolute atomic E-state index is 0.0790. The van der Waals surface area contributed by atoms with Gasteiger partial charge in [0.25, 0.3) is 0 Å². The van der Waals surface area contributed by atoms with Crippen molar-refractivity contribution in [3.05, 3.63) is 58.9 Å². The molecule has 2 N–H and O–H groups in total. The molecule has 4 heteroatoms. The first-order valence-corrected chi connectivity index (χ1v) is 6.77. The first-order chi connectivity index (χ1) is 9.13. The van der Waals surface area contributed by atoms with Crippen LogP contribution >= 0.6 is 11.8 Å². The molecule has 2 rings (SSSR count). The summed E-state index contributed by atoms with van der Waals surface area (Å²) in [7, 11) is 0. The third-order valence-corrected chi connectivity index (χ3v) is 3.99. The summed E-state index contributed by atoms with van der Waals surface area (Å²) in [5, 5.41) is 8.79. The number of hydrogen-bond acceptors (Lipinski definition) is 3. The molecular formula is C15H13FN2S. The molecule has 0 radical (unpaired) electrons. The summed E-state index contributed by atoms with van der Waals surface area (Å²) in [6, 6.07) is 12.5. The number of para-hydroxylation sites is 1. The van der Waals surface area contributed by atoms with Crippen LogP contribution < -0.4 is 5.73 Å². The lowest BCUT2D eigenvalue weighted by molar-refractivity contribution is 0.613. The van der Waals surface area contributed by atoms with Gasteiger partial charge in [-0.25, -0.2) is 4.39 Å². The van der Waals surface area contributed by atoms with E-state index in [1.165, 1.54) is 17.8 Å². The van der Waals surface area contributed by atoms with E-state index in [1.807, 2.05) is 31.2 Å². The fourth-order valence-electron chi connectivity index (χ4n) is 1.71. The van der Waals surface area contributed by atoms with E-state index in [4.69, 9.17) is 11.0 Å². The molecule has 19 heavy (non-hydrogen) atoms. The Labute approximate surface area is 116 Å². The van der Waals surface area contributed by atoms with E-state index in [9.17, 15) is 4.39 Å². The number of thioether (sulfide) groups is 1. The number of hydrogen-bond donors (Lipinski definition) is 1. The molecule has 0 aliphatic rings. The molecule has 0 amide bonds. The highest BCUT2D eigenvalue weighted by atomic mass is 32.2. The Kier molecular flexibility index (Phi) is 4.08. The summed E-state index contributed by atoms with van der Waals surface area (Å²) in [5.41, 5.74) is 8.31. The van der Waals surface area contributed by atoms with Gasteiger partial charge in [-0.1, -0.05) is 24.3 Å². The molecule has 0 saturated heterocycles. The SMILES string of the molecule is Cc1cccc(SCc2cccc(C#N)c2F)c1N. The highest BCUT2D eigenvalue weighted by molar-refractivity contribution is 7.98. The van der Waals surface area contributed by atoms with Crippen molar-refractivity contribution < 1.29 is 4.39 Å². The number of rotatable bonds is 3. The number of nitrogens with zero attached hydrogens (tertiary/aromatic N) is 1. The molecule has 0 bridgehead atoms. The summed E-state index contributed by atoms with van der Waals surface area (Å²) < 4.78 is 13.9. The van der Waals surface area contributed by atoms with E-state index in [-0.39, 0.29) is 5.56 Å². The first-order valence-electron chi connectivity index (χ1n) is 5.79. The molecule has 2 nitrogen and oxygen atoms in total. The van der Waals surface area contributed by atoms with Gasteiger partial charge in [-0.05, 0) is 30.2 Å². The van der Waals surface area contributed by atoms with E-state index in [2.05, 4.69) is 0 Å². The van der Waals surface area contributed by atoms with Gasteiger partial charge >= 0.3 is 0 Å². The number of anilines is 1. The molecule has 0 saturated carbocycles. The Hall–Kier alpha value is -1.99. The van der Waals surface area contributed by atoms with Gasteiger partial charge in [0.05, 0.1) is 5.56 Å². The molecule has 2 aromatic rings. The third-order valence-electron chi connectivity index (χ3n) is 2.87. The maximum Gasteiger partial charge on any atom is 0.144 e. The lowest BCUT2D eigenvalue weighted by Gasteiger charge is -2.08. The molecular weight excluding hydrogens is 259 g/mol. The Morgan fingerprint density at radius 1 is 1.26 bits per heavy atom. The van der Waals surface area contributed by atoms with Gasteiger partial charge in [-0.15, -0.1) is 11.8 Å². The molecule has 0 aliphatic carbocycles. The van der Waals surface area contributed by atoms with Gasteiger partial charge in [0.1, 0.15) is 11.9 Å². The summed E-state index contributed by atoms with van der Waals surface area (Å²) >= 11 is 1.47. The lowest BCUT2D eigenvalue weighted by Crippen LogP contribution is -1.94. The molecule has 2 aromatic carbocycles. The van der Waals surface area contributed by atoms with E-state index < -0.39 is 5.82 Å². The van der Waals surface area contributed by atoms with Crippen LogP contribution in [0.15, 0.2) is 41.3 Å². The standard InChI is InChI=1S/C15H13FN2S/c1-10-4-2-7-13(15(10)18)19-9-12-6-3-5-11(8-17)14(12)16/h2-7H,9,18H2,1H3. The summed E-state index contributed by atoms with van der Waals surface area (Å²) in [6.45, 7) is 1.94. The third kappa shape index (κ3) is 2.88.